The van der Waals surface area contributed by atoms with Gasteiger partial charge in [-0.15, -0.1) is 0 Å². The van der Waals surface area contributed by atoms with Gasteiger partial charge in [-0.05, 0) is 19.9 Å². The molecule has 26 heavy (non-hydrogen) atoms. The minimum Gasteiger partial charge on any atom is -0.743 e. The molecule has 0 aliphatic heterocycles. The van der Waals surface area contributed by atoms with E-state index in [4.69, 9.17) is 0 Å². The Morgan fingerprint density at radius 2 is 1.31 bits per heavy atom. The quantitative estimate of drug-likeness (QED) is 0.555. The molecule has 0 radical (unpaired) electrons. The van der Waals surface area contributed by atoms with E-state index in [-0.39, 0.29) is 0 Å². The Kier molecular flexibility index (Phi) is 6.78. The maximum absolute atomic E-state index is 12.2. The highest BCUT2D eigenvalue weighted by Gasteiger charge is 2.83. The SMILES string of the molecule is Cc1c[nH+]c(C)c(C)c1.O=S(=O)([O-])C(F)(F)C(F)(F)C(F)(F)C(F)(F)F. The smallest absolute Gasteiger partial charge is 0.460 e. The highest BCUT2D eigenvalue weighted by atomic mass is 32.2. The van der Waals surface area contributed by atoms with E-state index in [0.717, 1.165) is 0 Å². The summed E-state index contributed by atoms with van der Waals surface area (Å²) in [6, 6.07) is 2.17. The summed E-state index contributed by atoms with van der Waals surface area (Å²) >= 11 is 0. The molecule has 0 bridgehead atoms. The Morgan fingerprint density at radius 3 is 1.58 bits per heavy atom. The van der Waals surface area contributed by atoms with Crippen molar-refractivity contribution in [2.75, 3.05) is 0 Å². The van der Waals surface area contributed by atoms with Crippen LogP contribution in [-0.2, 0) is 10.1 Å². The van der Waals surface area contributed by atoms with Crippen molar-refractivity contribution < 1.29 is 57.5 Å². The summed E-state index contributed by atoms with van der Waals surface area (Å²) in [7, 11) is -7.42. The standard InChI is InChI=1S/C8H11N.C4HF9O3S/c1-6-4-7(2)8(3)9-5-6;5-1(6,3(9,10)11)2(7,8)4(12,13)17(14,15)16/h4-5H,1-3H3;(H,14,15,16). The van der Waals surface area contributed by atoms with Crippen LogP contribution >= 0.6 is 0 Å². The van der Waals surface area contributed by atoms with Gasteiger partial charge in [0.2, 0.25) is 0 Å². The summed E-state index contributed by atoms with van der Waals surface area (Å²) in [5.74, 6) is -14.8. The first-order chi connectivity index (χ1) is 11.2. The van der Waals surface area contributed by atoms with E-state index in [1.807, 2.05) is 6.20 Å². The molecule has 4 nitrogen and oxygen atoms in total. The minimum atomic E-state index is -7.43. The second-order valence-electron chi connectivity index (χ2n) is 5.10. The fraction of sp³-hybridized carbons (Fsp3) is 0.583. The Morgan fingerprint density at radius 1 is 0.885 bits per heavy atom. The first-order valence-corrected chi connectivity index (χ1v) is 7.72. The van der Waals surface area contributed by atoms with E-state index in [0.29, 0.717) is 0 Å². The van der Waals surface area contributed by atoms with E-state index in [1.54, 1.807) is 0 Å². The number of alkyl halides is 9. The van der Waals surface area contributed by atoms with Crippen molar-refractivity contribution in [2.45, 2.75) is 44.0 Å². The van der Waals surface area contributed by atoms with Crippen LogP contribution in [0, 0.1) is 20.8 Å². The van der Waals surface area contributed by atoms with Gasteiger partial charge in [0, 0.05) is 18.1 Å². The number of nitrogens with one attached hydrogen (secondary N) is 1. The van der Waals surface area contributed by atoms with Crippen molar-refractivity contribution in [3.05, 3.63) is 29.1 Å². The number of pyridine rings is 1. The molecule has 0 aliphatic rings. The van der Waals surface area contributed by atoms with Crippen molar-refractivity contribution in [1.82, 2.24) is 0 Å². The van der Waals surface area contributed by atoms with E-state index in [9.17, 15) is 52.5 Å². The number of rotatable bonds is 3. The molecule has 1 N–H and O–H groups in total. The molecule has 0 aromatic carbocycles. The monoisotopic (exact) mass is 421 g/mol. The lowest BCUT2D eigenvalue weighted by atomic mass is 10.1. The van der Waals surface area contributed by atoms with Crippen LogP contribution in [0.15, 0.2) is 12.3 Å². The average molecular weight is 421 g/mol. The molecule has 0 spiro atoms. The number of hydrogen-bond acceptors (Lipinski definition) is 3. The second kappa shape index (κ2) is 7.21. The molecule has 0 atom stereocenters. The van der Waals surface area contributed by atoms with Crippen molar-refractivity contribution in [3.8, 4) is 0 Å². The number of H-pyrrole nitrogens is 1. The van der Waals surface area contributed by atoms with Gasteiger partial charge in [-0.1, -0.05) is 0 Å². The normalized spacial score (nSPS) is 13.9. The highest BCUT2D eigenvalue weighted by molar-refractivity contribution is 7.86. The minimum absolute atomic E-state index is 1.25. The van der Waals surface area contributed by atoms with E-state index in [2.05, 4.69) is 31.8 Å². The molecule has 1 aromatic heterocycles. The Balaban J connectivity index is 0.000000577. The van der Waals surface area contributed by atoms with Crippen LogP contribution < -0.4 is 4.98 Å². The van der Waals surface area contributed by atoms with Gasteiger partial charge in [-0.25, -0.2) is 13.4 Å². The molecule has 1 rings (SSSR count). The van der Waals surface area contributed by atoms with Gasteiger partial charge < -0.3 is 4.55 Å². The van der Waals surface area contributed by atoms with Crippen LogP contribution in [0.4, 0.5) is 39.5 Å². The van der Waals surface area contributed by atoms with Gasteiger partial charge in [-0.3, -0.25) is 0 Å². The van der Waals surface area contributed by atoms with Gasteiger partial charge in [0.25, 0.3) is 0 Å². The third kappa shape index (κ3) is 4.58. The predicted octanol–water partition coefficient (Wildman–Crippen LogP) is 3.38. The lowest BCUT2D eigenvalue weighted by molar-refractivity contribution is -0.388. The third-order valence-electron chi connectivity index (χ3n) is 2.98. The van der Waals surface area contributed by atoms with Crippen molar-refractivity contribution >= 4 is 10.1 Å². The molecule has 0 saturated carbocycles. The lowest BCUT2D eigenvalue weighted by Crippen LogP contribution is -2.63. The first-order valence-electron chi connectivity index (χ1n) is 6.31. The van der Waals surface area contributed by atoms with Crippen LogP contribution in [0.5, 0.6) is 0 Å². The summed E-state index contributed by atoms with van der Waals surface area (Å²) in [6.07, 6.45) is -5.15. The topological polar surface area (TPSA) is 71.3 Å². The molecule has 0 saturated heterocycles. The average Bonchev–Trinajstić information content (AvgIpc) is 2.41. The van der Waals surface area contributed by atoms with Crippen LogP contribution in [0.3, 0.4) is 0 Å². The highest BCUT2D eigenvalue weighted by Crippen LogP contribution is 2.54. The first kappa shape index (κ1) is 24.4. The Hall–Kier alpha value is -1.57. The molecule has 0 unspecified atom stereocenters. The van der Waals surface area contributed by atoms with Crippen LogP contribution in [0.25, 0.3) is 0 Å². The molecule has 152 valence electrons. The van der Waals surface area contributed by atoms with Gasteiger partial charge in [0.05, 0.1) is 0 Å². The Bertz CT molecular complexity index is 745. The largest absolute Gasteiger partial charge is 0.743 e. The van der Waals surface area contributed by atoms with Gasteiger partial charge in [0.15, 0.2) is 22.0 Å². The summed E-state index contributed by atoms with van der Waals surface area (Å²) in [5, 5.41) is -7.11. The summed E-state index contributed by atoms with van der Waals surface area (Å²) < 4.78 is 135. The van der Waals surface area contributed by atoms with E-state index < -0.39 is 33.4 Å². The summed E-state index contributed by atoms with van der Waals surface area (Å²) in [4.78, 5) is 3.17. The molecule has 1 aromatic rings. The number of hydrogen-bond donors (Lipinski definition) is 0. The van der Waals surface area contributed by atoms with Gasteiger partial charge in [-0.2, -0.15) is 39.5 Å². The van der Waals surface area contributed by atoms with E-state index in [1.165, 1.54) is 16.8 Å². The van der Waals surface area contributed by atoms with Crippen LogP contribution in [-0.4, -0.2) is 36.2 Å². The fourth-order valence-corrected chi connectivity index (χ4v) is 1.79. The summed E-state index contributed by atoms with van der Waals surface area (Å²) in [5.41, 5.74) is 3.87. The number of aromatic amines is 1. The lowest BCUT2D eigenvalue weighted by Gasteiger charge is -2.34. The molecule has 1 heterocycles. The van der Waals surface area contributed by atoms with Crippen molar-refractivity contribution in [1.29, 1.82) is 0 Å². The summed E-state index contributed by atoms with van der Waals surface area (Å²) in [6.45, 7) is 6.27. The van der Waals surface area contributed by atoms with Gasteiger partial charge in [0.1, 0.15) is 0 Å². The fourth-order valence-electron chi connectivity index (χ4n) is 1.35. The van der Waals surface area contributed by atoms with Crippen molar-refractivity contribution in [2.24, 2.45) is 0 Å². The number of aromatic nitrogens is 1. The zero-order valence-electron chi connectivity index (χ0n) is 13.2. The zero-order valence-corrected chi connectivity index (χ0v) is 14.0. The second-order valence-corrected chi connectivity index (χ2v) is 6.52. The molecule has 0 amide bonds. The number of halogens is 9. The van der Waals surface area contributed by atoms with Crippen molar-refractivity contribution in [3.63, 3.8) is 0 Å². The molecule has 14 heteroatoms. The Labute approximate surface area is 141 Å². The zero-order chi connectivity index (χ0) is 21.4. The molecular weight excluding hydrogens is 409 g/mol. The predicted molar refractivity (Wildman–Crippen MR) is 67.8 cm³/mol. The molecular formula is C12H12F9NO3S. The maximum Gasteiger partial charge on any atom is 0.460 e. The maximum atomic E-state index is 12.2. The molecule has 0 aliphatic carbocycles. The molecule has 0 fully saturated rings. The van der Waals surface area contributed by atoms with Crippen LogP contribution in [0.2, 0.25) is 0 Å². The van der Waals surface area contributed by atoms with E-state index >= 15 is 0 Å². The third-order valence-corrected chi connectivity index (χ3v) is 3.87. The van der Waals surface area contributed by atoms with Gasteiger partial charge >= 0.3 is 23.3 Å². The number of aryl methyl sites for hydroxylation is 3. The van der Waals surface area contributed by atoms with Crippen LogP contribution in [0.1, 0.15) is 16.8 Å².